The van der Waals surface area contributed by atoms with Crippen molar-refractivity contribution in [2.75, 3.05) is 26.4 Å². The molecule has 0 spiro atoms. The maximum absolute atomic E-state index is 5.95. The van der Waals surface area contributed by atoms with Crippen LogP contribution >= 0.6 is 0 Å². The molecule has 5 aromatic rings. The minimum atomic E-state index is 0.566. The van der Waals surface area contributed by atoms with Crippen LogP contribution in [0.5, 0.6) is 23.0 Å². The summed E-state index contributed by atoms with van der Waals surface area (Å²) in [4.78, 5) is 7.83. The second-order valence-electron chi connectivity index (χ2n) is 11.6. The lowest BCUT2D eigenvalue weighted by molar-refractivity contribution is 0.170. The molecule has 0 unspecified atom stereocenters. The summed E-state index contributed by atoms with van der Waals surface area (Å²) in [6.45, 7) is 7.58. The van der Waals surface area contributed by atoms with E-state index in [1.807, 2.05) is 12.1 Å². The highest BCUT2D eigenvalue weighted by Gasteiger charge is 2.23. The van der Waals surface area contributed by atoms with Crippen LogP contribution in [0, 0.1) is 0 Å². The molecule has 3 heterocycles. The van der Waals surface area contributed by atoms with Crippen molar-refractivity contribution in [1.82, 2.24) is 14.5 Å². The van der Waals surface area contributed by atoms with E-state index in [-0.39, 0.29) is 0 Å². The number of hydrogen-bond acceptors (Lipinski definition) is 6. The molecule has 0 radical (unpaired) electrons. The van der Waals surface area contributed by atoms with Crippen molar-refractivity contribution in [2.24, 2.45) is 0 Å². The van der Waals surface area contributed by atoms with E-state index in [0.717, 1.165) is 78.1 Å². The van der Waals surface area contributed by atoms with E-state index in [9.17, 15) is 0 Å². The van der Waals surface area contributed by atoms with Crippen LogP contribution in [0.25, 0.3) is 22.6 Å². The zero-order valence-corrected chi connectivity index (χ0v) is 25.8. The van der Waals surface area contributed by atoms with Crippen LogP contribution in [-0.2, 0) is 26.2 Å². The number of aromatic nitrogens is 2. The van der Waals surface area contributed by atoms with Crippen LogP contribution in [0.2, 0.25) is 0 Å². The second kappa shape index (κ2) is 13.5. The Morgan fingerprint density at radius 3 is 1.71 bits per heavy atom. The molecule has 0 amide bonds. The van der Waals surface area contributed by atoms with E-state index < -0.39 is 0 Å². The van der Waals surface area contributed by atoms with Crippen molar-refractivity contribution in [3.63, 3.8) is 0 Å². The molecule has 0 aliphatic carbocycles. The van der Waals surface area contributed by atoms with E-state index in [4.69, 9.17) is 23.9 Å². The number of imidazole rings is 1. The first-order chi connectivity index (χ1) is 22.2. The average molecular weight is 602 g/mol. The Bertz CT molecular complexity index is 1670. The Hall–Kier alpha value is -4.75. The summed E-state index contributed by atoms with van der Waals surface area (Å²) < 4.78 is 26.0. The predicted molar refractivity (Wildman–Crippen MR) is 176 cm³/mol. The van der Waals surface area contributed by atoms with Crippen molar-refractivity contribution in [1.29, 1.82) is 0 Å². The lowest BCUT2D eigenvalue weighted by atomic mass is 10.1. The fourth-order valence-electron chi connectivity index (χ4n) is 6.11. The van der Waals surface area contributed by atoms with Gasteiger partial charge in [0.15, 0.2) is 23.0 Å². The van der Waals surface area contributed by atoms with Gasteiger partial charge in [-0.3, -0.25) is 4.90 Å². The molecule has 2 aliphatic heterocycles. The molecule has 45 heavy (non-hydrogen) atoms. The third kappa shape index (κ3) is 6.54. The second-order valence-corrected chi connectivity index (χ2v) is 11.6. The summed E-state index contributed by atoms with van der Waals surface area (Å²) in [7, 11) is 0. The van der Waals surface area contributed by atoms with Crippen molar-refractivity contribution in [3.05, 3.63) is 114 Å². The van der Waals surface area contributed by atoms with Gasteiger partial charge < -0.3 is 23.5 Å². The van der Waals surface area contributed by atoms with Gasteiger partial charge in [-0.15, -0.1) is 0 Å². The van der Waals surface area contributed by atoms with Gasteiger partial charge in [-0.25, -0.2) is 4.98 Å². The first-order valence-electron chi connectivity index (χ1n) is 15.9. The van der Waals surface area contributed by atoms with Gasteiger partial charge in [0.1, 0.15) is 32.3 Å². The fraction of sp³-hybridized carbons (Fsp3) is 0.289. The zero-order valence-electron chi connectivity index (χ0n) is 25.8. The third-order valence-corrected chi connectivity index (χ3v) is 8.29. The number of hydrogen-bond donors (Lipinski definition) is 0. The molecule has 230 valence electrons. The van der Waals surface area contributed by atoms with Crippen LogP contribution in [0.3, 0.4) is 0 Å². The molecule has 7 rings (SSSR count). The maximum Gasteiger partial charge on any atom is 0.161 e. The highest BCUT2D eigenvalue weighted by atomic mass is 16.6. The molecule has 2 aliphatic rings. The highest BCUT2D eigenvalue weighted by molar-refractivity contribution is 5.68. The molecule has 0 fully saturated rings. The van der Waals surface area contributed by atoms with E-state index >= 15 is 0 Å². The number of benzene rings is 4. The number of ether oxygens (including phenoxy) is 4. The lowest BCUT2D eigenvalue weighted by Gasteiger charge is -2.26. The molecule has 7 nitrogen and oxygen atoms in total. The number of rotatable bonds is 11. The number of nitrogens with zero attached hydrogens (tertiary/aromatic N) is 3. The van der Waals surface area contributed by atoms with Gasteiger partial charge in [-0.1, -0.05) is 86.1 Å². The molecule has 4 aromatic carbocycles. The largest absolute Gasteiger partial charge is 0.486 e. The predicted octanol–water partition coefficient (Wildman–Crippen LogP) is 7.76. The molecule has 0 saturated heterocycles. The molecule has 0 atom stereocenters. The van der Waals surface area contributed by atoms with E-state index in [0.29, 0.717) is 33.0 Å². The summed E-state index contributed by atoms with van der Waals surface area (Å²) in [6.07, 6.45) is 2.17. The SMILES string of the molecule is CCCCn1c(-c2ccccc2)nc(-c2ccccc2)c1CN(Cc1ccc2c(c1)OCCO2)Cc1ccc2c(c1)OCCO2. The summed E-state index contributed by atoms with van der Waals surface area (Å²) >= 11 is 0. The Balaban J connectivity index is 1.30. The lowest BCUT2D eigenvalue weighted by Crippen LogP contribution is -2.25. The minimum absolute atomic E-state index is 0.566. The summed E-state index contributed by atoms with van der Waals surface area (Å²) in [5.74, 6) is 4.24. The van der Waals surface area contributed by atoms with Crippen LogP contribution in [0.4, 0.5) is 0 Å². The van der Waals surface area contributed by atoms with Crippen LogP contribution < -0.4 is 18.9 Å². The summed E-state index contributed by atoms with van der Waals surface area (Å²) in [5.41, 5.74) is 6.83. The molecular formula is C38H39N3O4. The number of unbranched alkanes of at least 4 members (excludes halogenated alkanes) is 1. The van der Waals surface area contributed by atoms with Crippen molar-refractivity contribution in [2.45, 2.75) is 45.9 Å². The summed E-state index contributed by atoms with van der Waals surface area (Å²) in [6, 6.07) is 33.7. The average Bonchev–Trinajstić information content (AvgIpc) is 3.45. The molecule has 7 heteroatoms. The quantitative estimate of drug-likeness (QED) is 0.154. The highest BCUT2D eigenvalue weighted by Crippen LogP contribution is 2.35. The molecular weight excluding hydrogens is 562 g/mol. The molecule has 1 aromatic heterocycles. The summed E-state index contributed by atoms with van der Waals surface area (Å²) in [5, 5.41) is 0. The van der Waals surface area contributed by atoms with Gasteiger partial charge in [-0.2, -0.15) is 0 Å². The minimum Gasteiger partial charge on any atom is -0.486 e. The van der Waals surface area contributed by atoms with Gasteiger partial charge in [-0.05, 0) is 41.8 Å². The van der Waals surface area contributed by atoms with Crippen LogP contribution in [0.1, 0.15) is 36.6 Å². The molecule has 0 bridgehead atoms. The van der Waals surface area contributed by atoms with Crippen molar-refractivity contribution in [3.8, 4) is 45.6 Å². The Morgan fingerprint density at radius 2 is 1.16 bits per heavy atom. The zero-order chi connectivity index (χ0) is 30.4. The Labute approximate surface area is 265 Å². The van der Waals surface area contributed by atoms with Gasteiger partial charge in [0.25, 0.3) is 0 Å². The van der Waals surface area contributed by atoms with Gasteiger partial charge in [0.2, 0.25) is 0 Å². The topological polar surface area (TPSA) is 58.0 Å². The van der Waals surface area contributed by atoms with Gasteiger partial charge in [0, 0.05) is 37.3 Å². The van der Waals surface area contributed by atoms with E-state index in [1.165, 1.54) is 16.8 Å². The third-order valence-electron chi connectivity index (χ3n) is 8.29. The van der Waals surface area contributed by atoms with E-state index in [2.05, 4.69) is 101 Å². The van der Waals surface area contributed by atoms with Gasteiger partial charge >= 0.3 is 0 Å². The van der Waals surface area contributed by atoms with Crippen molar-refractivity contribution < 1.29 is 18.9 Å². The van der Waals surface area contributed by atoms with Gasteiger partial charge in [0.05, 0.1) is 11.4 Å². The first kappa shape index (κ1) is 29.0. The Kier molecular flexibility index (Phi) is 8.69. The normalized spacial score (nSPS) is 13.6. The van der Waals surface area contributed by atoms with E-state index in [1.54, 1.807) is 0 Å². The fourth-order valence-corrected chi connectivity index (χ4v) is 6.11. The smallest absolute Gasteiger partial charge is 0.161 e. The van der Waals surface area contributed by atoms with Crippen LogP contribution in [-0.4, -0.2) is 40.9 Å². The maximum atomic E-state index is 5.95. The Morgan fingerprint density at radius 1 is 0.622 bits per heavy atom. The molecule has 0 N–H and O–H groups in total. The van der Waals surface area contributed by atoms with Crippen molar-refractivity contribution >= 4 is 0 Å². The van der Waals surface area contributed by atoms with Crippen LogP contribution in [0.15, 0.2) is 97.1 Å². The number of fused-ring (bicyclic) bond motifs is 2. The first-order valence-corrected chi connectivity index (χ1v) is 15.9. The molecule has 0 saturated carbocycles. The standard InChI is InChI=1S/C38H39N3O4/c1-2-3-18-41-32(37(30-10-6-4-7-11-30)39-38(41)31-12-8-5-9-13-31)27-40(25-28-14-16-33-35(23-28)44-21-19-42-33)26-29-15-17-34-36(24-29)45-22-20-43-34/h4-17,23-24H,2-3,18-22,25-27H2,1H3. The monoisotopic (exact) mass is 601 g/mol.